The third kappa shape index (κ3) is 3.72. The number of anilines is 1. The van der Waals surface area contributed by atoms with Crippen LogP contribution in [0.3, 0.4) is 0 Å². The van der Waals surface area contributed by atoms with E-state index in [-0.39, 0.29) is 0 Å². The van der Waals surface area contributed by atoms with Gasteiger partial charge < -0.3 is 9.64 Å². The van der Waals surface area contributed by atoms with Gasteiger partial charge >= 0.3 is 0 Å². The van der Waals surface area contributed by atoms with Crippen molar-refractivity contribution in [2.45, 2.75) is 26.7 Å². The van der Waals surface area contributed by atoms with Crippen molar-refractivity contribution in [1.82, 2.24) is 15.0 Å². The zero-order valence-corrected chi connectivity index (χ0v) is 13.2. The Balaban J connectivity index is 1.52. The summed E-state index contributed by atoms with van der Waals surface area (Å²) < 4.78 is 5.76. The first-order valence-electron chi connectivity index (χ1n) is 7.82. The van der Waals surface area contributed by atoms with Crippen LogP contribution in [-0.2, 0) is 0 Å². The summed E-state index contributed by atoms with van der Waals surface area (Å²) in [6, 6.07) is 7.76. The Morgan fingerprint density at radius 2 is 1.86 bits per heavy atom. The molecular formula is C17H22N4O. The predicted octanol–water partition coefficient (Wildman–Crippen LogP) is 2.78. The molecule has 3 rings (SSSR count). The van der Waals surface area contributed by atoms with Gasteiger partial charge in [-0.3, -0.25) is 0 Å². The molecule has 1 fully saturated rings. The summed E-state index contributed by atoms with van der Waals surface area (Å²) in [6.45, 7) is 6.74. The number of pyridine rings is 1. The topological polar surface area (TPSA) is 51.1 Å². The lowest BCUT2D eigenvalue weighted by molar-refractivity contribution is 0.215. The minimum absolute atomic E-state index is 0.573. The van der Waals surface area contributed by atoms with Crippen LogP contribution in [0.4, 0.5) is 5.95 Å². The average molecular weight is 298 g/mol. The molecule has 0 amide bonds. The summed E-state index contributed by atoms with van der Waals surface area (Å²) in [5.41, 5.74) is 2.06. The van der Waals surface area contributed by atoms with Crippen molar-refractivity contribution in [3.63, 3.8) is 0 Å². The molecule has 0 atom stereocenters. The van der Waals surface area contributed by atoms with E-state index in [9.17, 15) is 0 Å². The summed E-state index contributed by atoms with van der Waals surface area (Å²) in [6.07, 6.45) is 3.96. The van der Waals surface area contributed by atoms with Gasteiger partial charge in [-0.05, 0) is 44.7 Å². The molecule has 2 aromatic heterocycles. The van der Waals surface area contributed by atoms with Gasteiger partial charge in [0.15, 0.2) is 0 Å². The van der Waals surface area contributed by atoms with E-state index in [1.807, 2.05) is 38.1 Å². The van der Waals surface area contributed by atoms with Crippen molar-refractivity contribution in [2.24, 2.45) is 5.92 Å². The summed E-state index contributed by atoms with van der Waals surface area (Å²) in [5, 5.41) is 0. The van der Waals surface area contributed by atoms with E-state index >= 15 is 0 Å². The number of rotatable bonds is 4. The number of aromatic nitrogens is 3. The second kappa shape index (κ2) is 6.73. The fourth-order valence-electron chi connectivity index (χ4n) is 2.78. The van der Waals surface area contributed by atoms with Crippen molar-refractivity contribution in [1.29, 1.82) is 0 Å². The quantitative estimate of drug-likeness (QED) is 0.868. The fourth-order valence-corrected chi connectivity index (χ4v) is 2.78. The van der Waals surface area contributed by atoms with Crippen molar-refractivity contribution < 1.29 is 4.74 Å². The third-order valence-electron chi connectivity index (χ3n) is 3.97. The molecule has 5 heteroatoms. The summed E-state index contributed by atoms with van der Waals surface area (Å²) in [7, 11) is 0. The van der Waals surface area contributed by atoms with E-state index in [4.69, 9.17) is 4.74 Å². The van der Waals surface area contributed by atoms with Crippen LogP contribution in [0.25, 0.3) is 0 Å². The molecular weight excluding hydrogens is 276 g/mol. The minimum atomic E-state index is 0.573. The highest BCUT2D eigenvalue weighted by atomic mass is 16.5. The molecule has 1 aliphatic rings. The number of hydrogen-bond acceptors (Lipinski definition) is 5. The van der Waals surface area contributed by atoms with E-state index in [0.717, 1.165) is 49.9 Å². The fraction of sp³-hybridized carbons (Fsp3) is 0.471. The molecule has 3 heterocycles. The highest BCUT2D eigenvalue weighted by Crippen LogP contribution is 2.22. The summed E-state index contributed by atoms with van der Waals surface area (Å²) >= 11 is 0. The smallest absolute Gasteiger partial charge is 0.225 e. The first-order chi connectivity index (χ1) is 10.7. The highest BCUT2D eigenvalue weighted by Gasteiger charge is 2.21. The standard InChI is InChI=1S/C17H22N4O/c1-13-11-14(2)20-17(19-13)21-9-6-15(7-10-21)12-22-16-5-3-4-8-18-16/h3-5,8,11,15H,6-7,9-10,12H2,1-2H3. The van der Waals surface area contributed by atoms with Gasteiger partial charge in [0.05, 0.1) is 6.61 Å². The van der Waals surface area contributed by atoms with Crippen LogP contribution < -0.4 is 9.64 Å². The lowest BCUT2D eigenvalue weighted by Gasteiger charge is -2.32. The maximum absolute atomic E-state index is 5.76. The molecule has 5 nitrogen and oxygen atoms in total. The zero-order valence-electron chi connectivity index (χ0n) is 13.2. The third-order valence-corrected chi connectivity index (χ3v) is 3.97. The van der Waals surface area contributed by atoms with Crippen molar-refractivity contribution in [3.8, 4) is 5.88 Å². The molecule has 0 N–H and O–H groups in total. The molecule has 1 aliphatic heterocycles. The highest BCUT2D eigenvalue weighted by molar-refractivity contribution is 5.32. The van der Waals surface area contributed by atoms with Crippen LogP contribution in [-0.4, -0.2) is 34.6 Å². The Morgan fingerprint density at radius 1 is 1.14 bits per heavy atom. The average Bonchev–Trinajstić information content (AvgIpc) is 2.53. The number of aryl methyl sites for hydroxylation is 2. The van der Waals surface area contributed by atoms with Crippen molar-refractivity contribution in [3.05, 3.63) is 41.9 Å². The first kappa shape index (κ1) is 14.8. The van der Waals surface area contributed by atoms with Gasteiger partial charge in [-0.2, -0.15) is 0 Å². The molecule has 22 heavy (non-hydrogen) atoms. The Labute approximate surface area is 131 Å². The van der Waals surface area contributed by atoms with Crippen LogP contribution in [0, 0.1) is 19.8 Å². The van der Waals surface area contributed by atoms with Crippen LogP contribution in [0.1, 0.15) is 24.2 Å². The maximum atomic E-state index is 5.76. The van der Waals surface area contributed by atoms with Gasteiger partial charge in [0.25, 0.3) is 0 Å². The largest absolute Gasteiger partial charge is 0.477 e. The Hall–Kier alpha value is -2.17. The monoisotopic (exact) mass is 298 g/mol. The van der Waals surface area contributed by atoms with Gasteiger partial charge in [0.1, 0.15) is 0 Å². The Bertz CT molecular complexity index is 589. The summed E-state index contributed by atoms with van der Waals surface area (Å²) in [5.74, 6) is 2.15. The van der Waals surface area contributed by atoms with Crippen LogP contribution in [0.2, 0.25) is 0 Å². The van der Waals surface area contributed by atoms with E-state index in [2.05, 4.69) is 19.9 Å². The van der Waals surface area contributed by atoms with Crippen LogP contribution in [0.5, 0.6) is 5.88 Å². The van der Waals surface area contributed by atoms with E-state index in [1.54, 1.807) is 6.20 Å². The predicted molar refractivity (Wildman–Crippen MR) is 86.2 cm³/mol. The van der Waals surface area contributed by atoms with Gasteiger partial charge in [-0.1, -0.05) is 6.07 Å². The van der Waals surface area contributed by atoms with Gasteiger partial charge in [-0.15, -0.1) is 0 Å². The maximum Gasteiger partial charge on any atom is 0.225 e. The molecule has 0 bridgehead atoms. The first-order valence-corrected chi connectivity index (χ1v) is 7.82. The molecule has 0 spiro atoms. The van der Waals surface area contributed by atoms with Gasteiger partial charge in [0, 0.05) is 36.7 Å². The molecule has 2 aromatic rings. The second-order valence-corrected chi connectivity index (χ2v) is 5.86. The number of piperidine rings is 1. The van der Waals surface area contributed by atoms with E-state index in [1.165, 1.54) is 0 Å². The number of ether oxygens (including phenoxy) is 1. The minimum Gasteiger partial charge on any atom is -0.477 e. The van der Waals surface area contributed by atoms with Crippen molar-refractivity contribution >= 4 is 5.95 Å². The van der Waals surface area contributed by atoms with Crippen LogP contribution >= 0.6 is 0 Å². The normalized spacial score (nSPS) is 15.8. The molecule has 0 radical (unpaired) electrons. The molecule has 1 saturated heterocycles. The van der Waals surface area contributed by atoms with Gasteiger partial charge in [-0.25, -0.2) is 15.0 Å². The van der Waals surface area contributed by atoms with Gasteiger partial charge in [0.2, 0.25) is 11.8 Å². The van der Waals surface area contributed by atoms with E-state index < -0.39 is 0 Å². The molecule has 0 unspecified atom stereocenters. The van der Waals surface area contributed by atoms with E-state index in [0.29, 0.717) is 11.8 Å². The second-order valence-electron chi connectivity index (χ2n) is 5.86. The molecule has 0 aliphatic carbocycles. The number of hydrogen-bond donors (Lipinski definition) is 0. The lowest BCUT2D eigenvalue weighted by Crippen LogP contribution is -2.36. The Morgan fingerprint density at radius 3 is 2.50 bits per heavy atom. The van der Waals surface area contributed by atoms with Crippen LogP contribution in [0.15, 0.2) is 30.5 Å². The number of nitrogens with zero attached hydrogens (tertiary/aromatic N) is 4. The van der Waals surface area contributed by atoms with Crippen molar-refractivity contribution in [2.75, 3.05) is 24.6 Å². The summed E-state index contributed by atoms with van der Waals surface area (Å²) in [4.78, 5) is 15.6. The molecule has 0 aromatic carbocycles. The zero-order chi connectivity index (χ0) is 15.4. The SMILES string of the molecule is Cc1cc(C)nc(N2CCC(COc3ccccn3)CC2)n1. The molecule has 0 saturated carbocycles. The Kier molecular flexibility index (Phi) is 4.51. The molecule has 116 valence electrons. The lowest BCUT2D eigenvalue weighted by atomic mass is 9.98.